The average Bonchev–Trinajstić information content (AvgIpc) is 2.23. The number of hydrogen-bond acceptors (Lipinski definition) is 3. The maximum Gasteiger partial charge on any atom is 0.169 e. The number of aryl methyl sites for hydroxylation is 2. The first-order valence-electron chi connectivity index (χ1n) is 5.12. The minimum Gasteiger partial charge on any atom is -0.488 e. The van der Waals surface area contributed by atoms with Gasteiger partial charge in [-0.05, 0) is 25.5 Å². The Balaban J connectivity index is 0.000000461. The number of nitrogens with one attached hydrogen (secondary N) is 1. The summed E-state index contributed by atoms with van der Waals surface area (Å²) in [5, 5.41) is 3.19. The van der Waals surface area contributed by atoms with Gasteiger partial charge < -0.3 is 10.1 Å². The molecule has 0 amide bonds. The van der Waals surface area contributed by atoms with E-state index in [1.165, 1.54) is 5.56 Å². The van der Waals surface area contributed by atoms with Crippen molar-refractivity contribution in [3.8, 4) is 5.75 Å². The third-order valence-corrected chi connectivity index (χ3v) is 2.08. The molecule has 0 saturated carbocycles. The lowest BCUT2D eigenvalue weighted by Gasteiger charge is -2.19. The van der Waals surface area contributed by atoms with E-state index in [4.69, 9.17) is 4.74 Å². The Morgan fingerprint density at radius 1 is 1.36 bits per heavy atom. The van der Waals surface area contributed by atoms with Gasteiger partial charge in [0.25, 0.3) is 0 Å². The molecule has 0 radical (unpaired) electrons. The maximum absolute atomic E-state index is 5.43. The van der Waals surface area contributed by atoms with Gasteiger partial charge in [-0.2, -0.15) is 0 Å². The Kier molecular flexibility index (Phi) is 3.74. The molecule has 0 unspecified atom stereocenters. The van der Waals surface area contributed by atoms with E-state index >= 15 is 0 Å². The van der Waals surface area contributed by atoms with Crippen LogP contribution in [0.1, 0.15) is 25.1 Å². The molecule has 0 fully saturated rings. The molecule has 0 atom stereocenters. The summed E-state index contributed by atoms with van der Waals surface area (Å²) in [7, 11) is 0. The number of rotatable bonds is 0. The van der Waals surface area contributed by atoms with E-state index in [0.29, 0.717) is 0 Å². The molecule has 0 spiro atoms. The number of ether oxygens (including phenoxy) is 1. The van der Waals surface area contributed by atoms with Crippen molar-refractivity contribution < 1.29 is 4.74 Å². The third kappa shape index (κ3) is 2.16. The van der Waals surface area contributed by atoms with Crippen LogP contribution in [0.15, 0.2) is 6.07 Å². The molecule has 2 rings (SSSR count). The van der Waals surface area contributed by atoms with Crippen LogP contribution in [0, 0.1) is 13.8 Å². The van der Waals surface area contributed by atoms with E-state index in [9.17, 15) is 0 Å². The first-order chi connectivity index (χ1) is 6.77. The van der Waals surface area contributed by atoms with Gasteiger partial charge in [0.15, 0.2) is 11.6 Å². The van der Waals surface area contributed by atoms with Crippen molar-refractivity contribution in [2.45, 2.75) is 27.7 Å². The van der Waals surface area contributed by atoms with Crippen molar-refractivity contribution >= 4 is 5.82 Å². The lowest BCUT2D eigenvalue weighted by Crippen LogP contribution is -2.19. The molecule has 0 saturated heterocycles. The fourth-order valence-electron chi connectivity index (χ4n) is 1.25. The van der Waals surface area contributed by atoms with E-state index in [1.54, 1.807) is 0 Å². The van der Waals surface area contributed by atoms with Gasteiger partial charge in [-0.1, -0.05) is 13.8 Å². The fraction of sp³-hybridized carbons (Fsp3) is 0.545. The van der Waals surface area contributed by atoms with E-state index in [1.807, 2.05) is 33.8 Å². The van der Waals surface area contributed by atoms with Crippen molar-refractivity contribution in [1.29, 1.82) is 0 Å². The van der Waals surface area contributed by atoms with E-state index < -0.39 is 0 Å². The molecule has 0 aliphatic carbocycles. The van der Waals surface area contributed by atoms with Crippen LogP contribution in [0.25, 0.3) is 0 Å². The van der Waals surface area contributed by atoms with E-state index in [2.05, 4.69) is 10.3 Å². The summed E-state index contributed by atoms with van der Waals surface area (Å²) in [5.74, 6) is 1.76. The second-order valence-electron chi connectivity index (χ2n) is 3.01. The Bertz CT molecular complexity index is 279. The minimum absolute atomic E-state index is 0.733. The molecule has 1 aromatic heterocycles. The Labute approximate surface area is 85.5 Å². The van der Waals surface area contributed by atoms with Gasteiger partial charge in [0, 0.05) is 5.69 Å². The number of pyridine rings is 1. The molecule has 0 aromatic carbocycles. The lowest BCUT2D eigenvalue weighted by molar-refractivity contribution is 0.321. The highest BCUT2D eigenvalue weighted by Gasteiger charge is 2.11. The van der Waals surface area contributed by atoms with Crippen LogP contribution in [-0.4, -0.2) is 18.1 Å². The zero-order valence-electron chi connectivity index (χ0n) is 9.35. The standard InChI is InChI=1S/C9H12N2O.C2H6/c1-6-5-8-9(11-7(6)2)10-3-4-12-8;1-2/h5H,3-4H2,1-2H3,(H,10,11);1-2H3. The molecule has 3 nitrogen and oxygen atoms in total. The van der Waals surface area contributed by atoms with Crippen LogP contribution in [-0.2, 0) is 0 Å². The lowest BCUT2D eigenvalue weighted by atomic mass is 10.2. The van der Waals surface area contributed by atoms with Gasteiger partial charge in [-0.25, -0.2) is 4.98 Å². The summed E-state index contributed by atoms with van der Waals surface area (Å²) < 4.78 is 5.43. The number of nitrogens with zero attached hydrogens (tertiary/aromatic N) is 1. The highest BCUT2D eigenvalue weighted by atomic mass is 16.5. The van der Waals surface area contributed by atoms with Crippen molar-refractivity contribution in [2.75, 3.05) is 18.5 Å². The van der Waals surface area contributed by atoms with Crippen LogP contribution in [0.2, 0.25) is 0 Å². The molecule has 78 valence electrons. The van der Waals surface area contributed by atoms with E-state index in [0.717, 1.165) is 30.4 Å². The summed E-state index contributed by atoms with van der Waals surface area (Å²) in [5.41, 5.74) is 2.24. The first kappa shape index (κ1) is 10.8. The van der Waals surface area contributed by atoms with Crippen molar-refractivity contribution in [1.82, 2.24) is 4.98 Å². The molecule has 1 aliphatic rings. The normalized spacial score (nSPS) is 12.9. The molecule has 2 heterocycles. The monoisotopic (exact) mass is 194 g/mol. The van der Waals surface area contributed by atoms with Gasteiger partial charge in [-0.3, -0.25) is 0 Å². The molecular formula is C11H18N2O. The molecule has 14 heavy (non-hydrogen) atoms. The Morgan fingerprint density at radius 3 is 2.79 bits per heavy atom. The average molecular weight is 194 g/mol. The smallest absolute Gasteiger partial charge is 0.169 e. The summed E-state index contributed by atoms with van der Waals surface area (Å²) in [6.07, 6.45) is 0. The predicted molar refractivity (Wildman–Crippen MR) is 59.0 cm³/mol. The highest BCUT2D eigenvalue weighted by Crippen LogP contribution is 2.26. The minimum atomic E-state index is 0.733. The zero-order valence-corrected chi connectivity index (χ0v) is 9.35. The molecule has 0 bridgehead atoms. The summed E-state index contributed by atoms with van der Waals surface area (Å²) in [6.45, 7) is 9.63. The fourth-order valence-corrected chi connectivity index (χ4v) is 1.25. The summed E-state index contributed by atoms with van der Waals surface area (Å²) in [6, 6.07) is 2.03. The second kappa shape index (κ2) is 4.84. The largest absolute Gasteiger partial charge is 0.488 e. The maximum atomic E-state index is 5.43. The van der Waals surface area contributed by atoms with Crippen LogP contribution >= 0.6 is 0 Å². The Hall–Kier alpha value is -1.25. The van der Waals surface area contributed by atoms with Gasteiger partial charge in [0.1, 0.15) is 6.61 Å². The van der Waals surface area contributed by atoms with Crippen molar-refractivity contribution in [3.05, 3.63) is 17.3 Å². The first-order valence-corrected chi connectivity index (χ1v) is 5.12. The number of aromatic nitrogens is 1. The summed E-state index contributed by atoms with van der Waals surface area (Å²) >= 11 is 0. The molecule has 1 aromatic rings. The van der Waals surface area contributed by atoms with Gasteiger partial charge in [0.05, 0.1) is 6.54 Å². The van der Waals surface area contributed by atoms with Gasteiger partial charge in [0.2, 0.25) is 0 Å². The quantitative estimate of drug-likeness (QED) is 0.689. The molecule has 3 heteroatoms. The van der Waals surface area contributed by atoms with Gasteiger partial charge >= 0.3 is 0 Å². The number of anilines is 1. The predicted octanol–water partition coefficient (Wildman–Crippen LogP) is 2.53. The third-order valence-electron chi connectivity index (χ3n) is 2.08. The SMILES string of the molecule is CC.Cc1cc2c(nc1C)NCCO2. The van der Waals surface area contributed by atoms with E-state index in [-0.39, 0.29) is 0 Å². The van der Waals surface area contributed by atoms with Crippen LogP contribution in [0.4, 0.5) is 5.82 Å². The number of fused-ring (bicyclic) bond motifs is 1. The zero-order chi connectivity index (χ0) is 10.6. The van der Waals surface area contributed by atoms with Crippen molar-refractivity contribution in [3.63, 3.8) is 0 Å². The molecular weight excluding hydrogens is 176 g/mol. The molecule has 1 N–H and O–H groups in total. The van der Waals surface area contributed by atoms with Gasteiger partial charge in [-0.15, -0.1) is 0 Å². The topological polar surface area (TPSA) is 34.2 Å². The second-order valence-corrected chi connectivity index (χ2v) is 3.01. The summed E-state index contributed by atoms with van der Waals surface area (Å²) in [4.78, 5) is 4.38. The Morgan fingerprint density at radius 2 is 2.07 bits per heavy atom. The van der Waals surface area contributed by atoms with Crippen LogP contribution in [0.5, 0.6) is 5.75 Å². The van der Waals surface area contributed by atoms with Crippen molar-refractivity contribution in [2.24, 2.45) is 0 Å². The number of hydrogen-bond donors (Lipinski definition) is 1. The van der Waals surface area contributed by atoms with Crippen LogP contribution < -0.4 is 10.1 Å². The molecule has 1 aliphatic heterocycles. The van der Waals surface area contributed by atoms with Crippen LogP contribution in [0.3, 0.4) is 0 Å². The highest BCUT2D eigenvalue weighted by molar-refractivity contribution is 5.53.